The first kappa shape index (κ1) is 21.8. The van der Waals surface area contributed by atoms with Crippen molar-refractivity contribution in [3.63, 3.8) is 0 Å². The fourth-order valence-corrected chi connectivity index (χ4v) is 4.55. The summed E-state index contributed by atoms with van der Waals surface area (Å²) < 4.78 is 25.3. The first-order valence-electron chi connectivity index (χ1n) is 9.08. The molecule has 0 atom stereocenters. The van der Waals surface area contributed by atoms with Crippen molar-refractivity contribution in [1.29, 1.82) is 0 Å². The summed E-state index contributed by atoms with van der Waals surface area (Å²) >= 11 is 1.02. The lowest BCUT2D eigenvalue weighted by molar-refractivity contribution is -0.113. The molecule has 3 aromatic rings. The zero-order chi connectivity index (χ0) is 21.9. The van der Waals surface area contributed by atoms with E-state index in [1.165, 1.54) is 12.1 Å². The van der Waals surface area contributed by atoms with Crippen LogP contribution < -0.4 is 10.9 Å². The van der Waals surface area contributed by atoms with Crippen LogP contribution >= 0.6 is 11.8 Å². The fourth-order valence-electron chi connectivity index (χ4n) is 2.68. The maximum absolute atomic E-state index is 12.7. The van der Waals surface area contributed by atoms with Crippen molar-refractivity contribution < 1.29 is 13.2 Å². The number of amides is 1. The Morgan fingerprint density at radius 2 is 1.80 bits per heavy atom. The average Bonchev–Trinajstić information content (AvgIpc) is 2.70. The van der Waals surface area contributed by atoms with Crippen LogP contribution in [0.1, 0.15) is 16.7 Å². The van der Waals surface area contributed by atoms with Gasteiger partial charge in [0, 0.05) is 5.69 Å². The number of carbonyl (C=O) groups excluding carboxylic acids is 1. The molecule has 7 nitrogen and oxygen atoms in total. The van der Waals surface area contributed by atoms with Gasteiger partial charge < -0.3 is 10.3 Å². The zero-order valence-electron chi connectivity index (χ0n) is 16.7. The molecule has 0 aliphatic rings. The van der Waals surface area contributed by atoms with Gasteiger partial charge in [-0.15, -0.1) is 0 Å². The zero-order valence-corrected chi connectivity index (χ0v) is 18.4. The monoisotopic (exact) mass is 443 g/mol. The van der Waals surface area contributed by atoms with Gasteiger partial charge in [-0.1, -0.05) is 41.6 Å². The number of hydrogen-bond acceptors (Lipinski definition) is 6. The molecule has 1 amide bonds. The number of anilines is 1. The van der Waals surface area contributed by atoms with Crippen molar-refractivity contribution in [2.24, 2.45) is 0 Å². The van der Waals surface area contributed by atoms with Crippen LogP contribution in [-0.2, 0) is 14.6 Å². The van der Waals surface area contributed by atoms with Crippen LogP contribution in [0.25, 0.3) is 0 Å². The Morgan fingerprint density at radius 1 is 1.10 bits per heavy atom. The normalized spacial score (nSPS) is 11.3. The van der Waals surface area contributed by atoms with Crippen LogP contribution in [0.2, 0.25) is 0 Å². The van der Waals surface area contributed by atoms with Gasteiger partial charge >= 0.3 is 0 Å². The minimum atomic E-state index is -3.98. The van der Waals surface area contributed by atoms with E-state index in [1.54, 1.807) is 12.1 Å². The lowest BCUT2D eigenvalue weighted by Gasteiger charge is -2.10. The number of H-pyrrole nitrogens is 1. The molecule has 2 aromatic carbocycles. The number of aromatic amines is 1. The first-order valence-corrected chi connectivity index (χ1v) is 11.6. The molecule has 0 bridgehead atoms. The summed E-state index contributed by atoms with van der Waals surface area (Å²) in [6.07, 6.45) is 1.03. The molecule has 0 aliphatic heterocycles. The number of hydrogen-bond donors (Lipinski definition) is 2. The van der Waals surface area contributed by atoms with E-state index >= 15 is 0 Å². The number of benzene rings is 2. The third kappa shape index (κ3) is 4.80. The molecule has 9 heteroatoms. The lowest BCUT2D eigenvalue weighted by Crippen LogP contribution is -2.20. The quantitative estimate of drug-likeness (QED) is 0.447. The van der Waals surface area contributed by atoms with Gasteiger partial charge in [0.2, 0.25) is 15.7 Å². The molecule has 0 radical (unpaired) electrons. The van der Waals surface area contributed by atoms with Crippen molar-refractivity contribution in [3.8, 4) is 0 Å². The van der Waals surface area contributed by atoms with Crippen LogP contribution in [-0.4, -0.2) is 30.0 Å². The van der Waals surface area contributed by atoms with Gasteiger partial charge in [0.15, 0.2) is 10.1 Å². The molecular weight excluding hydrogens is 422 g/mol. The van der Waals surface area contributed by atoms with Crippen molar-refractivity contribution in [1.82, 2.24) is 9.97 Å². The maximum atomic E-state index is 12.7. The minimum absolute atomic E-state index is 0.0143. The van der Waals surface area contributed by atoms with E-state index in [2.05, 4.69) is 15.3 Å². The molecule has 0 unspecified atom stereocenters. The van der Waals surface area contributed by atoms with E-state index in [0.29, 0.717) is 0 Å². The molecule has 30 heavy (non-hydrogen) atoms. The third-order valence-electron chi connectivity index (χ3n) is 4.58. The van der Waals surface area contributed by atoms with Crippen LogP contribution in [0.5, 0.6) is 0 Å². The Labute approximate surface area is 178 Å². The van der Waals surface area contributed by atoms with Crippen LogP contribution in [0.15, 0.2) is 68.4 Å². The number of sulfone groups is 1. The van der Waals surface area contributed by atoms with Gasteiger partial charge in [0.05, 0.1) is 16.8 Å². The number of rotatable bonds is 6. The summed E-state index contributed by atoms with van der Waals surface area (Å²) in [6.45, 7) is 5.72. The topological polar surface area (TPSA) is 109 Å². The fraction of sp³-hybridized carbons (Fsp3) is 0.190. The lowest BCUT2D eigenvalue weighted by atomic mass is 10.1. The summed E-state index contributed by atoms with van der Waals surface area (Å²) in [4.78, 5) is 30.6. The van der Waals surface area contributed by atoms with Crippen molar-refractivity contribution in [2.45, 2.75) is 35.7 Å². The van der Waals surface area contributed by atoms with E-state index in [-0.39, 0.29) is 21.7 Å². The average molecular weight is 444 g/mol. The molecular formula is C21H21N3O4S2. The molecule has 156 valence electrons. The number of thioether (sulfide) groups is 1. The Bertz CT molecular complexity index is 1250. The summed E-state index contributed by atoms with van der Waals surface area (Å²) in [5.41, 5.74) is 2.90. The summed E-state index contributed by atoms with van der Waals surface area (Å²) in [5.74, 6) is -0.242. The van der Waals surface area contributed by atoms with E-state index in [4.69, 9.17) is 0 Å². The second-order valence-electron chi connectivity index (χ2n) is 6.78. The predicted molar refractivity (Wildman–Crippen MR) is 117 cm³/mol. The number of aryl methyl sites for hydroxylation is 2. The first-order chi connectivity index (χ1) is 14.2. The SMILES string of the molecule is Cc1ccc(S(=O)(=O)c2cnc(SCC(=O)Nc3cccc(C)c3C)[nH]c2=O)cc1. The van der Waals surface area contributed by atoms with E-state index < -0.39 is 20.3 Å². The highest BCUT2D eigenvalue weighted by atomic mass is 32.2. The molecule has 0 saturated heterocycles. The maximum Gasteiger partial charge on any atom is 0.270 e. The van der Waals surface area contributed by atoms with Gasteiger partial charge in [-0.2, -0.15) is 0 Å². The molecule has 2 N–H and O–H groups in total. The van der Waals surface area contributed by atoms with E-state index in [0.717, 1.165) is 40.3 Å². The minimum Gasteiger partial charge on any atom is -0.325 e. The van der Waals surface area contributed by atoms with Gasteiger partial charge in [0.1, 0.15) is 0 Å². The molecule has 0 spiro atoms. The molecule has 1 aromatic heterocycles. The molecule has 1 heterocycles. The van der Waals surface area contributed by atoms with Crippen molar-refractivity contribution in [3.05, 3.63) is 75.7 Å². The Balaban J connectivity index is 1.71. The third-order valence-corrected chi connectivity index (χ3v) is 7.23. The van der Waals surface area contributed by atoms with Gasteiger partial charge in [-0.05, 0) is 50.1 Å². The number of carbonyl (C=O) groups is 1. The Hall–Kier alpha value is -2.91. The highest BCUT2D eigenvalue weighted by Gasteiger charge is 2.22. The van der Waals surface area contributed by atoms with Gasteiger partial charge in [-0.25, -0.2) is 13.4 Å². The number of nitrogens with one attached hydrogen (secondary N) is 2. The highest BCUT2D eigenvalue weighted by molar-refractivity contribution is 7.99. The molecule has 0 aliphatic carbocycles. The largest absolute Gasteiger partial charge is 0.325 e. The van der Waals surface area contributed by atoms with Crippen molar-refractivity contribution in [2.75, 3.05) is 11.1 Å². The van der Waals surface area contributed by atoms with Crippen molar-refractivity contribution >= 4 is 33.2 Å². The molecule has 3 rings (SSSR count). The smallest absolute Gasteiger partial charge is 0.270 e. The van der Waals surface area contributed by atoms with Crippen LogP contribution in [0.4, 0.5) is 5.69 Å². The summed E-state index contributed by atoms with van der Waals surface area (Å²) in [5, 5.41) is 2.99. The van der Waals surface area contributed by atoms with E-state index in [9.17, 15) is 18.0 Å². The van der Waals surface area contributed by atoms with Gasteiger partial charge in [-0.3, -0.25) is 9.59 Å². The summed E-state index contributed by atoms with van der Waals surface area (Å²) in [7, 11) is -3.98. The predicted octanol–water partition coefficient (Wildman–Crippen LogP) is 3.26. The second kappa shape index (κ2) is 8.85. The second-order valence-corrected chi connectivity index (χ2v) is 9.66. The summed E-state index contributed by atoms with van der Waals surface area (Å²) in [6, 6.07) is 11.9. The van der Waals surface area contributed by atoms with Crippen LogP contribution in [0, 0.1) is 20.8 Å². The number of aromatic nitrogens is 2. The Kier molecular flexibility index (Phi) is 6.42. The highest BCUT2D eigenvalue weighted by Crippen LogP contribution is 2.21. The molecule has 0 saturated carbocycles. The van der Waals surface area contributed by atoms with Crippen LogP contribution in [0.3, 0.4) is 0 Å². The molecule has 0 fully saturated rings. The van der Waals surface area contributed by atoms with Gasteiger partial charge in [0.25, 0.3) is 5.56 Å². The standard InChI is InChI=1S/C21H21N3O4S2/c1-13-7-9-16(10-8-13)30(27,28)18-11-22-21(24-20(18)26)29-12-19(25)23-17-6-4-5-14(2)15(17)3/h4-11H,12H2,1-3H3,(H,23,25)(H,22,24,26). The number of nitrogens with zero attached hydrogens (tertiary/aromatic N) is 1. The Morgan fingerprint density at radius 3 is 2.47 bits per heavy atom. The van der Waals surface area contributed by atoms with E-state index in [1.807, 2.05) is 39.0 Å².